The Morgan fingerprint density at radius 3 is 2.65 bits per heavy atom. The summed E-state index contributed by atoms with van der Waals surface area (Å²) in [5.74, 6) is -1.56. The number of amides is 1. The molecule has 1 N–H and O–H groups in total. The number of halogens is 2. The van der Waals surface area contributed by atoms with Gasteiger partial charge in [-0.15, -0.1) is 0 Å². The average molecular weight is 274 g/mol. The minimum atomic E-state index is -0.718. The van der Waals surface area contributed by atoms with Gasteiger partial charge < -0.3 is 5.32 Å². The molecule has 3 rings (SSSR count). The number of aromatic nitrogens is 1. The fourth-order valence-electron chi connectivity index (χ4n) is 2.25. The maximum absolute atomic E-state index is 13.8. The zero-order chi connectivity index (χ0) is 14.2. The van der Waals surface area contributed by atoms with E-state index in [-0.39, 0.29) is 5.91 Å². The fourth-order valence-corrected chi connectivity index (χ4v) is 2.25. The summed E-state index contributed by atoms with van der Waals surface area (Å²) in [6.45, 7) is 0. The molecule has 0 bridgehead atoms. The highest BCUT2D eigenvalue weighted by atomic mass is 19.1. The Kier molecular flexibility index (Phi) is 2.97. The molecule has 5 heteroatoms. The quantitative estimate of drug-likeness (QED) is 0.935. The predicted octanol–water partition coefficient (Wildman–Crippen LogP) is 2.78. The Hall–Kier alpha value is -2.30. The van der Waals surface area contributed by atoms with Crippen LogP contribution in [0.3, 0.4) is 0 Å². The van der Waals surface area contributed by atoms with E-state index in [1.165, 1.54) is 18.3 Å². The van der Waals surface area contributed by atoms with Crippen LogP contribution in [-0.2, 0) is 5.54 Å². The lowest BCUT2D eigenvalue weighted by atomic mass is 10.0. The van der Waals surface area contributed by atoms with E-state index in [2.05, 4.69) is 10.3 Å². The summed E-state index contributed by atoms with van der Waals surface area (Å²) in [6, 6.07) is 6.73. The van der Waals surface area contributed by atoms with Crippen LogP contribution in [-0.4, -0.2) is 10.9 Å². The summed E-state index contributed by atoms with van der Waals surface area (Å²) >= 11 is 0. The lowest BCUT2D eigenvalue weighted by Gasteiger charge is -2.18. The molecule has 102 valence electrons. The van der Waals surface area contributed by atoms with Crippen LogP contribution in [0.25, 0.3) is 0 Å². The molecule has 0 radical (unpaired) electrons. The zero-order valence-corrected chi connectivity index (χ0v) is 10.6. The summed E-state index contributed by atoms with van der Waals surface area (Å²) in [4.78, 5) is 16.0. The first-order valence-electron chi connectivity index (χ1n) is 6.29. The van der Waals surface area contributed by atoms with Gasteiger partial charge in [-0.25, -0.2) is 8.78 Å². The van der Waals surface area contributed by atoms with Gasteiger partial charge in [0.2, 0.25) is 0 Å². The zero-order valence-electron chi connectivity index (χ0n) is 10.6. The van der Waals surface area contributed by atoms with Gasteiger partial charge in [-0.1, -0.05) is 6.07 Å². The number of hydrogen-bond donors (Lipinski definition) is 1. The summed E-state index contributed by atoms with van der Waals surface area (Å²) in [5.41, 5.74) is 0.0301. The van der Waals surface area contributed by atoms with Crippen LogP contribution in [0.2, 0.25) is 0 Å². The van der Waals surface area contributed by atoms with Crippen molar-refractivity contribution in [1.29, 1.82) is 0 Å². The molecule has 1 fully saturated rings. The molecule has 3 nitrogen and oxygen atoms in total. The SMILES string of the molecule is O=C(NC1(c2ccc(F)cc2F)CC1)c1cccnc1. The van der Waals surface area contributed by atoms with Crippen molar-refractivity contribution in [3.63, 3.8) is 0 Å². The summed E-state index contributed by atoms with van der Waals surface area (Å²) in [7, 11) is 0. The van der Waals surface area contributed by atoms with Crippen molar-refractivity contribution in [3.05, 3.63) is 65.5 Å². The van der Waals surface area contributed by atoms with Crippen LogP contribution in [0, 0.1) is 11.6 Å². The van der Waals surface area contributed by atoms with Crippen molar-refractivity contribution in [2.24, 2.45) is 0 Å². The van der Waals surface area contributed by atoms with Crippen LogP contribution in [0.1, 0.15) is 28.8 Å². The number of pyridine rings is 1. The molecule has 1 aliphatic rings. The minimum Gasteiger partial charge on any atom is -0.342 e. The topological polar surface area (TPSA) is 42.0 Å². The first kappa shape index (κ1) is 12.7. The number of nitrogens with zero attached hydrogens (tertiary/aromatic N) is 1. The Balaban J connectivity index is 1.85. The number of rotatable bonds is 3. The monoisotopic (exact) mass is 274 g/mol. The van der Waals surface area contributed by atoms with Crippen LogP contribution < -0.4 is 5.32 Å². The number of nitrogens with one attached hydrogen (secondary N) is 1. The molecule has 1 aromatic carbocycles. The molecule has 0 unspecified atom stereocenters. The number of hydrogen-bond acceptors (Lipinski definition) is 2. The second kappa shape index (κ2) is 4.67. The molecular formula is C15H12F2N2O. The molecule has 1 saturated carbocycles. The largest absolute Gasteiger partial charge is 0.342 e. The minimum absolute atomic E-state index is 0.306. The molecule has 20 heavy (non-hydrogen) atoms. The second-order valence-corrected chi connectivity index (χ2v) is 4.90. The summed E-state index contributed by atoms with van der Waals surface area (Å²) < 4.78 is 26.8. The highest BCUT2D eigenvalue weighted by molar-refractivity contribution is 5.94. The normalized spacial score (nSPS) is 15.7. The molecule has 0 aliphatic heterocycles. The first-order chi connectivity index (χ1) is 9.61. The van der Waals surface area contributed by atoms with Gasteiger partial charge in [-0.05, 0) is 31.0 Å². The summed E-state index contributed by atoms with van der Waals surface area (Å²) in [6.07, 6.45) is 4.30. The van der Waals surface area contributed by atoms with E-state index in [1.807, 2.05) is 0 Å². The van der Waals surface area contributed by atoms with Gasteiger partial charge in [0.1, 0.15) is 11.6 Å². The third kappa shape index (κ3) is 2.27. The van der Waals surface area contributed by atoms with Gasteiger partial charge in [-0.2, -0.15) is 0 Å². The van der Waals surface area contributed by atoms with E-state index >= 15 is 0 Å². The van der Waals surface area contributed by atoms with Crippen LogP contribution >= 0.6 is 0 Å². The summed E-state index contributed by atoms with van der Waals surface area (Å²) in [5, 5.41) is 2.82. The number of carbonyl (C=O) groups excluding carboxylic acids is 1. The van der Waals surface area contributed by atoms with E-state index in [4.69, 9.17) is 0 Å². The molecule has 1 aromatic heterocycles. The number of benzene rings is 1. The van der Waals surface area contributed by atoms with Gasteiger partial charge in [0.15, 0.2) is 0 Å². The van der Waals surface area contributed by atoms with E-state index in [9.17, 15) is 13.6 Å². The van der Waals surface area contributed by atoms with Crippen LogP contribution in [0.5, 0.6) is 0 Å². The van der Waals surface area contributed by atoms with Gasteiger partial charge in [0.25, 0.3) is 5.91 Å². The molecule has 0 spiro atoms. The first-order valence-corrected chi connectivity index (χ1v) is 6.29. The van der Waals surface area contributed by atoms with Crippen molar-refractivity contribution in [2.45, 2.75) is 18.4 Å². The van der Waals surface area contributed by atoms with Gasteiger partial charge in [0.05, 0.1) is 11.1 Å². The van der Waals surface area contributed by atoms with E-state index in [0.29, 0.717) is 24.0 Å². The van der Waals surface area contributed by atoms with Gasteiger partial charge in [-0.3, -0.25) is 9.78 Å². The van der Waals surface area contributed by atoms with Crippen molar-refractivity contribution in [1.82, 2.24) is 10.3 Å². The fraction of sp³-hybridized carbons (Fsp3) is 0.200. The highest BCUT2D eigenvalue weighted by Gasteiger charge is 2.47. The Labute approximate surface area is 114 Å². The Bertz CT molecular complexity index is 654. The molecule has 1 aliphatic carbocycles. The Morgan fingerprint density at radius 1 is 1.25 bits per heavy atom. The molecule has 0 atom stereocenters. The average Bonchev–Trinajstić information content (AvgIpc) is 3.20. The maximum Gasteiger partial charge on any atom is 0.253 e. The van der Waals surface area contributed by atoms with Crippen LogP contribution in [0.15, 0.2) is 42.7 Å². The molecule has 1 amide bonds. The van der Waals surface area contributed by atoms with Crippen molar-refractivity contribution < 1.29 is 13.6 Å². The maximum atomic E-state index is 13.8. The van der Waals surface area contributed by atoms with Crippen molar-refractivity contribution in [3.8, 4) is 0 Å². The molecule has 1 heterocycles. The van der Waals surface area contributed by atoms with Crippen molar-refractivity contribution >= 4 is 5.91 Å². The number of carbonyl (C=O) groups is 1. The van der Waals surface area contributed by atoms with Gasteiger partial charge in [0, 0.05) is 24.0 Å². The van der Waals surface area contributed by atoms with E-state index in [1.54, 1.807) is 18.3 Å². The molecular weight excluding hydrogens is 262 g/mol. The second-order valence-electron chi connectivity index (χ2n) is 4.90. The third-order valence-electron chi connectivity index (χ3n) is 3.47. The predicted molar refractivity (Wildman–Crippen MR) is 69.0 cm³/mol. The third-order valence-corrected chi connectivity index (χ3v) is 3.47. The van der Waals surface area contributed by atoms with E-state index < -0.39 is 17.2 Å². The Morgan fingerprint density at radius 2 is 2.05 bits per heavy atom. The highest BCUT2D eigenvalue weighted by Crippen LogP contribution is 2.46. The lowest BCUT2D eigenvalue weighted by Crippen LogP contribution is -2.35. The van der Waals surface area contributed by atoms with Crippen molar-refractivity contribution in [2.75, 3.05) is 0 Å². The molecule has 0 saturated heterocycles. The smallest absolute Gasteiger partial charge is 0.253 e. The van der Waals surface area contributed by atoms with Gasteiger partial charge >= 0.3 is 0 Å². The van der Waals surface area contributed by atoms with Crippen LogP contribution in [0.4, 0.5) is 8.78 Å². The lowest BCUT2D eigenvalue weighted by molar-refractivity contribution is 0.0929. The molecule has 2 aromatic rings. The standard InChI is InChI=1S/C15H12F2N2O/c16-11-3-4-12(13(17)8-11)15(5-6-15)19-14(20)10-2-1-7-18-9-10/h1-4,7-9H,5-6H2,(H,19,20). The van der Waals surface area contributed by atoms with E-state index in [0.717, 1.165) is 6.07 Å².